The van der Waals surface area contributed by atoms with E-state index in [2.05, 4.69) is 15.3 Å². The van der Waals surface area contributed by atoms with Crippen molar-refractivity contribution in [2.45, 2.75) is 27.7 Å². The van der Waals surface area contributed by atoms with Gasteiger partial charge in [-0.25, -0.2) is 9.97 Å². The van der Waals surface area contributed by atoms with E-state index >= 15 is 0 Å². The van der Waals surface area contributed by atoms with Gasteiger partial charge < -0.3 is 0 Å². The number of halogens is 1. The highest BCUT2D eigenvalue weighted by molar-refractivity contribution is 6.29. The van der Waals surface area contributed by atoms with Crippen molar-refractivity contribution >= 4 is 23.5 Å². The van der Waals surface area contributed by atoms with Crippen LogP contribution in [0.25, 0.3) is 0 Å². The van der Waals surface area contributed by atoms with Crippen molar-refractivity contribution in [3.63, 3.8) is 0 Å². The van der Waals surface area contributed by atoms with Gasteiger partial charge in [0.1, 0.15) is 5.15 Å². The number of amides is 1. The van der Waals surface area contributed by atoms with Crippen LogP contribution < -0.4 is 5.32 Å². The molecule has 0 aliphatic carbocycles. The molecule has 16 heavy (non-hydrogen) atoms. The number of nitrogens with zero attached hydrogens (tertiary/aromatic N) is 2. The van der Waals surface area contributed by atoms with E-state index < -0.39 is 0 Å². The van der Waals surface area contributed by atoms with Gasteiger partial charge in [-0.1, -0.05) is 32.4 Å². The Labute approximate surface area is 100 Å². The van der Waals surface area contributed by atoms with Gasteiger partial charge in [0.25, 0.3) is 0 Å². The Kier molecular flexibility index (Phi) is 4.24. The smallest absolute Gasteiger partial charge is 0.231 e. The Bertz CT molecular complexity index is 373. The molecular weight excluding hydrogens is 226 g/mol. The zero-order valence-corrected chi connectivity index (χ0v) is 10.7. The molecule has 0 fully saturated rings. The molecule has 1 amide bonds. The quantitative estimate of drug-likeness (QED) is 0.828. The SMILES string of the molecule is Cc1cc(Cl)nc(NC(=O)C(C)C(C)C)n1. The minimum atomic E-state index is -0.0864. The van der Waals surface area contributed by atoms with Gasteiger partial charge in [-0.05, 0) is 18.9 Å². The third-order valence-electron chi connectivity index (χ3n) is 2.47. The summed E-state index contributed by atoms with van der Waals surface area (Å²) in [5.74, 6) is 0.377. The number of carbonyl (C=O) groups is 1. The van der Waals surface area contributed by atoms with Gasteiger partial charge >= 0.3 is 0 Å². The summed E-state index contributed by atoms with van der Waals surface area (Å²) in [6.45, 7) is 7.66. The molecule has 88 valence electrons. The van der Waals surface area contributed by atoms with Crippen molar-refractivity contribution in [1.29, 1.82) is 0 Å². The van der Waals surface area contributed by atoms with E-state index in [1.807, 2.05) is 20.8 Å². The van der Waals surface area contributed by atoms with Crippen molar-refractivity contribution in [3.05, 3.63) is 16.9 Å². The van der Waals surface area contributed by atoms with Gasteiger partial charge in [0.2, 0.25) is 11.9 Å². The zero-order chi connectivity index (χ0) is 12.3. The first kappa shape index (κ1) is 12.9. The molecule has 0 aromatic carbocycles. The number of hydrogen-bond acceptors (Lipinski definition) is 3. The molecule has 0 radical (unpaired) electrons. The molecular formula is C11H16ClN3O. The maximum Gasteiger partial charge on any atom is 0.231 e. The van der Waals surface area contributed by atoms with Gasteiger partial charge in [0.15, 0.2) is 0 Å². The van der Waals surface area contributed by atoms with Crippen LogP contribution in [0.1, 0.15) is 26.5 Å². The number of anilines is 1. The van der Waals surface area contributed by atoms with Gasteiger partial charge in [-0.2, -0.15) is 0 Å². The fourth-order valence-electron chi connectivity index (χ4n) is 1.11. The summed E-state index contributed by atoms with van der Waals surface area (Å²) in [4.78, 5) is 19.8. The summed E-state index contributed by atoms with van der Waals surface area (Å²) < 4.78 is 0. The second-order valence-electron chi connectivity index (χ2n) is 4.18. The summed E-state index contributed by atoms with van der Waals surface area (Å²) >= 11 is 5.77. The monoisotopic (exact) mass is 241 g/mol. The van der Waals surface area contributed by atoms with Crippen molar-refractivity contribution in [2.24, 2.45) is 11.8 Å². The molecule has 1 aromatic rings. The molecule has 0 bridgehead atoms. The second kappa shape index (κ2) is 5.25. The Hall–Kier alpha value is -1.16. The summed E-state index contributed by atoms with van der Waals surface area (Å²) in [5.41, 5.74) is 0.729. The first-order valence-electron chi connectivity index (χ1n) is 5.22. The van der Waals surface area contributed by atoms with E-state index in [-0.39, 0.29) is 23.7 Å². The number of carbonyl (C=O) groups excluding carboxylic acids is 1. The Morgan fingerprint density at radius 1 is 1.38 bits per heavy atom. The fourth-order valence-corrected chi connectivity index (χ4v) is 1.35. The Morgan fingerprint density at radius 2 is 2.00 bits per heavy atom. The molecule has 4 nitrogen and oxygen atoms in total. The lowest BCUT2D eigenvalue weighted by Crippen LogP contribution is -2.25. The number of aryl methyl sites for hydroxylation is 1. The average Bonchev–Trinajstić information content (AvgIpc) is 2.14. The van der Waals surface area contributed by atoms with Crippen molar-refractivity contribution in [2.75, 3.05) is 5.32 Å². The molecule has 0 aliphatic rings. The fraction of sp³-hybridized carbons (Fsp3) is 0.545. The molecule has 1 unspecified atom stereocenters. The second-order valence-corrected chi connectivity index (χ2v) is 4.56. The van der Waals surface area contributed by atoms with Gasteiger partial charge in [0, 0.05) is 11.6 Å². The van der Waals surface area contributed by atoms with E-state index in [1.54, 1.807) is 13.0 Å². The van der Waals surface area contributed by atoms with Gasteiger partial charge in [-0.3, -0.25) is 10.1 Å². The highest BCUT2D eigenvalue weighted by Gasteiger charge is 2.17. The molecule has 1 aromatic heterocycles. The van der Waals surface area contributed by atoms with Crippen LogP contribution in [-0.4, -0.2) is 15.9 Å². The molecule has 1 heterocycles. The summed E-state index contributed by atoms with van der Waals surface area (Å²) in [7, 11) is 0. The molecule has 0 saturated heterocycles. The van der Waals surface area contributed by atoms with Crippen molar-refractivity contribution in [1.82, 2.24) is 9.97 Å². The van der Waals surface area contributed by atoms with Crippen LogP contribution in [0.5, 0.6) is 0 Å². The summed E-state index contributed by atoms with van der Waals surface area (Å²) in [6.07, 6.45) is 0. The number of hydrogen-bond donors (Lipinski definition) is 1. The molecule has 0 aliphatic heterocycles. The van der Waals surface area contributed by atoms with Gasteiger partial charge in [0.05, 0.1) is 0 Å². The third kappa shape index (κ3) is 3.45. The predicted molar refractivity (Wildman–Crippen MR) is 64.4 cm³/mol. The lowest BCUT2D eigenvalue weighted by atomic mass is 9.97. The van der Waals surface area contributed by atoms with Crippen molar-refractivity contribution < 1.29 is 4.79 Å². The minimum absolute atomic E-state index is 0.0807. The van der Waals surface area contributed by atoms with E-state index in [4.69, 9.17) is 11.6 Å². The Balaban J connectivity index is 2.77. The lowest BCUT2D eigenvalue weighted by Gasteiger charge is -2.14. The summed E-state index contributed by atoms with van der Waals surface area (Å²) in [6, 6.07) is 1.64. The van der Waals surface area contributed by atoms with Crippen LogP contribution in [0.4, 0.5) is 5.95 Å². The van der Waals surface area contributed by atoms with Crippen LogP contribution in [0, 0.1) is 18.8 Å². The van der Waals surface area contributed by atoms with E-state index in [1.165, 1.54) is 0 Å². The first-order chi connectivity index (χ1) is 7.40. The molecule has 1 atom stereocenters. The Morgan fingerprint density at radius 3 is 2.50 bits per heavy atom. The van der Waals surface area contributed by atoms with Crippen LogP contribution >= 0.6 is 11.6 Å². The van der Waals surface area contributed by atoms with Gasteiger partial charge in [-0.15, -0.1) is 0 Å². The highest BCUT2D eigenvalue weighted by Crippen LogP contribution is 2.14. The standard InChI is InChI=1S/C11H16ClN3O/c1-6(2)8(4)10(16)15-11-13-7(3)5-9(12)14-11/h5-6,8H,1-4H3,(H,13,14,15,16). The highest BCUT2D eigenvalue weighted by atomic mass is 35.5. The normalized spacial score (nSPS) is 12.6. The topological polar surface area (TPSA) is 54.9 Å². The van der Waals surface area contributed by atoms with Crippen LogP contribution in [0.15, 0.2) is 6.07 Å². The molecule has 0 spiro atoms. The van der Waals surface area contributed by atoms with Crippen LogP contribution in [-0.2, 0) is 4.79 Å². The maximum absolute atomic E-state index is 11.7. The van der Waals surface area contributed by atoms with Crippen LogP contribution in [0.2, 0.25) is 5.15 Å². The molecule has 1 N–H and O–H groups in total. The van der Waals surface area contributed by atoms with Crippen molar-refractivity contribution in [3.8, 4) is 0 Å². The number of rotatable bonds is 3. The average molecular weight is 242 g/mol. The zero-order valence-electron chi connectivity index (χ0n) is 9.91. The predicted octanol–water partition coefficient (Wildman–Crippen LogP) is 2.67. The van der Waals surface area contributed by atoms with E-state index in [0.717, 1.165) is 5.69 Å². The van der Waals surface area contributed by atoms with E-state index in [0.29, 0.717) is 5.15 Å². The van der Waals surface area contributed by atoms with E-state index in [9.17, 15) is 4.79 Å². The maximum atomic E-state index is 11.7. The number of aromatic nitrogens is 2. The van der Waals surface area contributed by atoms with Crippen LogP contribution in [0.3, 0.4) is 0 Å². The minimum Gasteiger partial charge on any atom is -0.294 e. The largest absolute Gasteiger partial charge is 0.294 e. The molecule has 1 rings (SSSR count). The third-order valence-corrected chi connectivity index (χ3v) is 2.67. The molecule has 5 heteroatoms. The summed E-state index contributed by atoms with van der Waals surface area (Å²) in [5, 5.41) is 2.99. The molecule has 0 saturated carbocycles. The number of nitrogens with one attached hydrogen (secondary N) is 1. The first-order valence-corrected chi connectivity index (χ1v) is 5.60. The lowest BCUT2D eigenvalue weighted by molar-refractivity contribution is -0.120.